The van der Waals surface area contributed by atoms with Gasteiger partial charge in [0.05, 0.1) is 31.0 Å². The quantitative estimate of drug-likeness (QED) is 0.404. The Bertz CT molecular complexity index is 1430. The van der Waals surface area contributed by atoms with Gasteiger partial charge in [0.15, 0.2) is 11.5 Å². The smallest absolute Gasteiger partial charge is 0.336 e. The maximum Gasteiger partial charge on any atom is 0.336 e. The van der Waals surface area contributed by atoms with Gasteiger partial charge in [0.2, 0.25) is 0 Å². The number of pyridine rings is 1. The molecule has 3 aromatic carbocycles. The third kappa shape index (κ3) is 4.36. The fourth-order valence-corrected chi connectivity index (χ4v) is 4.79. The van der Waals surface area contributed by atoms with Crippen molar-refractivity contribution in [1.29, 1.82) is 0 Å². The van der Waals surface area contributed by atoms with E-state index < -0.39 is 5.97 Å². The van der Waals surface area contributed by atoms with Gasteiger partial charge in [-0.15, -0.1) is 0 Å². The second kappa shape index (κ2) is 9.60. The second-order valence-electron chi connectivity index (χ2n) is 8.52. The molecular weight excluding hydrogens is 440 g/mol. The minimum absolute atomic E-state index is 0.312. The Labute approximate surface area is 204 Å². The number of aromatic nitrogens is 1. The molecular formula is C29H26N2O4. The van der Waals surface area contributed by atoms with Crippen LogP contribution in [0.2, 0.25) is 0 Å². The SMILES string of the molecule is COc1cccc(/C=C2/CN(Cc3ccccc3)Cc3c2nc2ccccc2c3C(=O)O)c1OC. The van der Waals surface area contributed by atoms with Crippen LogP contribution in [0.1, 0.15) is 32.7 Å². The van der Waals surface area contributed by atoms with Crippen molar-refractivity contribution < 1.29 is 19.4 Å². The number of carbonyl (C=O) groups is 1. The van der Waals surface area contributed by atoms with Crippen molar-refractivity contribution in [1.82, 2.24) is 9.88 Å². The highest BCUT2D eigenvalue weighted by molar-refractivity contribution is 6.06. The summed E-state index contributed by atoms with van der Waals surface area (Å²) in [4.78, 5) is 19.7. The number of hydrogen-bond donors (Lipinski definition) is 1. The third-order valence-corrected chi connectivity index (χ3v) is 6.30. The fraction of sp³-hybridized carbons (Fsp3) is 0.172. The van der Waals surface area contributed by atoms with Crippen LogP contribution in [0.4, 0.5) is 0 Å². The predicted molar refractivity (Wildman–Crippen MR) is 137 cm³/mol. The minimum atomic E-state index is -0.945. The molecule has 35 heavy (non-hydrogen) atoms. The van der Waals surface area contributed by atoms with Gasteiger partial charge in [-0.3, -0.25) is 4.90 Å². The molecule has 0 saturated heterocycles. The molecule has 4 aromatic rings. The van der Waals surface area contributed by atoms with Crippen LogP contribution in [0.5, 0.6) is 11.5 Å². The van der Waals surface area contributed by atoms with Crippen LogP contribution in [0, 0.1) is 0 Å². The normalized spacial score (nSPS) is 14.6. The molecule has 0 amide bonds. The molecule has 1 aliphatic heterocycles. The second-order valence-corrected chi connectivity index (χ2v) is 8.52. The number of aromatic carboxylic acids is 1. The van der Waals surface area contributed by atoms with E-state index in [1.807, 2.05) is 66.7 Å². The Morgan fingerprint density at radius 3 is 2.49 bits per heavy atom. The number of nitrogens with zero attached hydrogens (tertiary/aromatic N) is 2. The van der Waals surface area contributed by atoms with Crippen molar-refractivity contribution in [2.75, 3.05) is 20.8 Å². The number of carboxylic acid groups (broad SMARTS) is 1. The maximum absolute atomic E-state index is 12.5. The van der Waals surface area contributed by atoms with Gasteiger partial charge in [-0.1, -0.05) is 60.7 Å². The number of ether oxygens (including phenoxy) is 2. The molecule has 0 spiro atoms. The number of rotatable bonds is 6. The highest BCUT2D eigenvalue weighted by atomic mass is 16.5. The first-order chi connectivity index (χ1) is 17.1. The number of para-hydroxylation sites is 2. The molecule has 1 aliphatic rings. The Morgan fingerprint density at radius 1 is 0.971 bits per heavy atom. The fourth-order valence-electron chi connectivity index (χ4n) is 4.79. The van der Waals surface area contributed by atoms with Gasteiger partial charge in [-0.2, -0.15) is 0 Å². The predicted octanol–water partition coefficient (Wildman–Crippen LogP) is 5.51. The number of carboxylic acids is 1. The van der Waals surface area contributed by atoms with Crippen molar-refractivity contribution in [3.63, 3.8) is 0 Å². The van der Waals surface area contributed by atoms with Gasteiger partial charge in [0, 0.05) is 36.1 Å². The summed E-state index contributed by atoms with van der Waals surface area (Å²) in [6.07, 6.45) is 2.03. The summed E-state index contributed by atoms with van der Waals surface area (Å²) in [5.74, 6) is 0.319. The van der Waals surface area contributed by atoms with Crippen LogP contribution in [-0.2, 0) is 13.1 Å². The van der Waals surface area contributed by atoms with E-state index >= 15 is 0 Å². The van der Waals surface area contributed by atoms with Gasteiger partial charge in [-0.05, 0) is 29.3 Å². The monoisotopic (exact) mass is 466 g/mol. The van der Waals surface area contributed by atoms with E-state index in [1.165, 1.54) is 5.56 Å². The first-order valence-corrected chi connectivity index (χ1v) is 11.4. The largest absolute Gasteiger partial charge is 0.493 e. The van der Waals surface area contributed by atoms with Crippen molar-refractivity contribution >= 4 is 28.5 Å². The van der Waals surface area contributed by atoms with Gasteiger partial charge in [0.25, 0.3) is 0 Å². The van der Waals surface area contributed by atoms with E-state index in [-0.39, 0.29) is 0 Å². The van der Waals surface area contributed by atoms with Gasteiger partial charge < -0.3 is 14.6 Å². The van der Waals surface area contributed by atoms with Gasteiger partial charge in [-0.25, -0.2) is 9.78 Å². The van der Waals surface area contributed by atoms with Crippen molar-refractivity contribution in [2.24, 2.45) is 0 Å². The van der Waals surface area contributed by atoms with E-state index in [0.29, 0.717) is 47.6 Å². The first kappa shape index (κ1) is 22.6. The average molecular weight is 467 g/mol. The minimum Gasteiger partial charge on any atom is -0.493 e. The highest BCUT2D eigenvalue weighted by Crippen LogP contribution is 2.37. The van der Waals surface area contributed by atoms with Gasteiger partial charge in [0.1, 0.15) is 0 Å². The summed E-state index contributed by atoms with van der Waals surface area (Å²) in [6, 6.07) is 23.3. The van der Waals surface area contributed by atoms with Crippen molar-refractivity contribution in [2.45, 2.75) is 13.1 Å². The van der Waals surface area contributed by atoms with Crippen LogP contribution in [-0.4, -0.2) is 41.7 Å². The lowest BCUT2D eigenvalue weighted by Crippen LogP contribution is -2.31. The number of hydrogen-bond acceptors (Lipinski definition) is 5. The van der Waals surface area contributed by atoms with E-state index in [0.717, 1.165) is 22.4 Å². The third-order valence-electron chi connectivity index (χ3n) is 6.30. The molecule has 176 valence electrons. The number of fused-ring (bicyclic) bond motifs is 2. The summed E-state index contributed by atoms with van der Waals surface area (Å²) < 4.78 is 11.1. The molecule has 2 heterocycles. The summed E-state index contributed by atoms with van der Waals surface area (Å²) in [7, 11) is 3.23. The van der Waals surface area contributed by atoms with Gasteiger partial charge >= 0.3 is 5.97 Å². The number of benzene rings is 3. The van der Waals surface area contributed by atoms with Crippen molar-refractivity contribution in [3.8, 4) is 11.5 Å². The molecule has 1 aromatic heterocycles. The molecule has 0 fully saturated rings. The summed E-state index contributed by atoms with van der Waals surface area (Å²) in [6.45, 7) is 1.81. The Morgan fingerprint density at radius 2 is 1.74 bits per heavy atom. The lowest BCUT2D eigenvalue weighted by molar-refractivity contribution is 0.0696. The van der Waals surface area contributed by atoms with E-state index in [4.69, 9.17) is 14.5 Å². The molecule has 5 rings (SSSR count). The summed E-state index contributed by atoms with van der Waals surface area (Å²) in [5, 5.41) is 10.9. The highest BCUT2D eigenvalue weighted by Gasteiger charge is 2.29. The van der Waals surface area contributed by atoms with Crippen LogP contribution >= 0.6 is 0 Å². The molecule has 6 nitrogen and oxygen atoms in total. The molecule has 6 heteroatoms. The molecule has 0 unspecified atom stereocenters. The molecule has 0 saturated carbocycles. The Hall–Kier alpha value is -4.16. The van der Waals surface area contributed by atoms with E-state index in [2.05, 4.69) is 17.0 Å². The Kier molecular flexibility index (Phi) is 6.21. The van der Waals surface area contributed by atoms with Crippen LogP contribution in [0.3, 0.4) is 0 Å². The lowest BCUT2D eigenvalue weighted by atomic mass is 9.91. The topological polar surface area (TPSA) is 71.9 Å². The standard InChI is InChI=1S/C29H26N2O4/c1-34-25-14-8-11-20(28(25)35-2)15-21-17-31(16-19-9-4-3-5-10-19)18-23-26(29(32)33)22-12-6-7-13-24(22)30-27(21)23/h3-15H,16-18H2,1-2H3,(H,32,33)/b21-15-. The molecule has 0 radical (unpaired) electrons. The first-order valence-electron chi connectivity index (χ1n) is 11.4. The van der Waals surface area contributed by atoms with E-state index in [1.54, 1.807) is 14.2 Å². The van der Waals surface area contributed by atoms with E-state index in [9.17, 15) is 9.90 Å². The Balaban J connectivity index is 1.71. The summed E-state index contributed by atoms with van der Waals surface area (Å²) in [5.41, 5.74) is 5.38. The molecule has 0 atom stereocenters. The molecule has 0 aliphatic carbocycles. The molecule has 1 N–H and O–H groups in total. The van der Waals surface area contributed by atoms with Crippen molar-refractivity contribution in [3.05, 3.63) is 101 Å². The zero-order valence-corrected chi connectivity index (χ0v) is 19.7. The number of methoxy groups -OCH3 is 2. The lowest BCUT2D eigenvalue weighted by Gasteiger charge is -2.31. The zero-order valence-electron chi connectivity index (χ0n) is 19.7. The molecule has 0 bridgehead atoms. The van der Waals surface area contributed by atoms with Crippen LogP contribution in [0.25, 0.3) is 22.6 Å². The average Bonchev–Trinajstić information content (AvgIpc) is 2.87. The summed E-state index contributed by atoms with van der Waals surface area (Å²) >= 11 is 0. The maximum atomic E-state index is 12.5. The van der Waals surface area contributed by atoms with Crippen LogP contribution < -0.4 is 9.47 Å². The zero-order chi connectivity index (χ0) is 24.4. The van der Waals surface area contributed by atoms with Crippen LogP contribution in [0.15, 0.2) is 72.8 Å².